The summed E-state index contributed by atoms with van der Waals surface area (Å²) in [5.41, 5.74) is 1.21. The molecular weight excluding hydrogens is 286 g/mol. The van der Waals surface area contributed by atoms with Crippen molar-refractivity contribution >= 4 is 33.3 Å². The third-order valence-electron chi connectivity index (χ3n) is 2.25. The van der Waals surface area contributed by atoms with E-state index in [-0.39, 0.29) is 6.61 Å². The molecule has 0 unspecified atom stereocenters. The topological polar surface area (TPSA) is 57.6 Å². The lowest BCUT2D eigenvalue weighted by Crippen LogP contribution is -2.29. The average molecular weight is 300 g/mol. The van der Waals surface area contributed by atoms with E-state index in [9.17, 15) is 9.59 Å². The largest absolute Gasteiger partial charge is 0.397 e. The van der Waals surface area contributed by atoms with Crippen molar-refractivity contribution in [1.82, 2.24) is 0 Å². The fourth-order valence-electron chi connectivity index (χ4n) is 1.59. The number of hydrogen-bond donors (Lipinski definition) is 1. The highest BCUT2D eigenvalue weighted by molar-refractivity contribution is 9.10. The summed E-state index contributed by atoms with van der Waals surface area (Å²) < 4.78 is 0.815. The van der Waals surface area contributed by atoms with Crippen molar-refractivity contribution in [2.75, 3.05) is 18.1 Å². The van der Waals surface area contributed by atoms with Crippen LogP contribution in [0.5, 0.6) is 0 Å². The minimum atomic E-state index is -0.430. The summed E-state index contributed by atoms with van der Waals surface area (Å²) in [5, 5.41) is 7.57. The third-order valence-corrected chi connectivity index (χ3v) is 2.74. The van der Waals surface area contributed by atoms with E-state index in [1.165, 1.54) is 4.90 Å². The summed E-state index contributed by atoms with van der Waals surface area (Å²) in [6.07, 6.45) is 0. The number of benzene rings is 1. The van der Waals surface area contributed by atoms with Crippen LogP contribution in [-0.2, 0) is 4.79 Å². The van der Waals surface area contributed by atoms with Crippen molar-refractivity contribution in [3.05, 3.63) is 28.2 Å². The predicted molar refractivity (Wildman–Crippen MR) is 69.3 cm³/mol. The number of aliphatic hydroxyl groups is 1. The number of likely N-dealkylation sites (N-methyl/N-ethyl adjacent to an activating group) is 1. The van der Waals surface area contributed by atoms with Gasteiger partial charge in [-0.15, -0.1) is 0 Å². The molecule has 1 amide bonds. The minimum absolute atomic E-state index is 0.250. The minimum Gasteiger partial charge on any atom is -0.397 e. The van der Waals surface area contributed by atoms with Gasteiger partial charge >= 0.3 is 0 Å². The summed E-state index contributed by atoms with van der Waals surface area (Å²) in [6.45, 7) is 4.31. The van der Waals surface area contributed by atoms with Gasteiger partial charge in [0.05, 0.1) is 11.3 Å². The van der Waals surface area contributed by atoms with E-state index in [2.05, 4.69) is 15.9 Å². The first kappa shape index (κ1) is 13.9. The number of ketones is 1. The summed E-state index contributed by atoms with van der Waals surface area (Å²) in [6, 6.07) is 5.30. The third kappa shape index (κ3) is 2.73. The maximum absolute atomic E-state index is 11.5. The lowest BCUT2D eigenvalue weighted by Gasteiger charge is -2.12. The number of nitrogens with zero attached hydrogens (tertiary/aromatic N) is 1. The first-order valence-corrected chi connectivity index (χ1v) is 6.12. The Morgan fingerprint density at radius 1 is 1.29 bits per heavy atom. The summed E-state index contributed by atoms with van der Waals surface area (Å²) in [4.78, 5) is 24.5. The molecule has 0 atom stereocenters. The Labute approximate surface area is 108 Å². The fraction of sp³-hybridized carbons (Fsp3) is 0.333. The van der Waals surface area contributed by atoms with Gasteiger partial charge in [0.2, 0.25) is 0 Å². The van der Waals surface area contributed by atoms with Gasteiger partial charge in [-0.05, 0) is 32.0 Å². The van der Waals surface area contributed by atoms with Crippen molar-refractivity contribution in [3.63, 3.8) is 0 Å². The molecule has 1 N–H and O–H groups in total. The zero-order valence-electron chi connectivity index (χ0n) is 9.74. The molecule has 1 aromatic carbocycles. The maximum atomic E-state index is 11.5. The van der Waals surface area contributed by atoms with Crippen LogP contribution in [0.25, 0.3) is 0 Å². The number of halogens is 1. The lowest BCUT2D eigenvalue weighted by atomic mass is 10.1. The Balaban J connectivity index is 0.000000437. The molecule has 0 aromatic heterocycles. The molecule has 1 aliphatic heterocycles. The van der Waals surface area contributed by atoms with Gasteiger partial charge < -0.3 is 10.0 Å². The Bertz CT molecular complexity index is 445. The molecule has 5 heteroatoms. The number of fused-ring (bicyclic) bond motifs is 1. The van der Waals surface area contributed by atoms with Crippen molar-refractivity contribution in [2.45, 2.75) is 13.8 Å². The van der Waals surface area contributed by atoms with Gasteiger partial charge in [-0.1, -0.05) is 15.9 Å². The summed E-state index contributed by atoms with van der Waals surface area (Å²) in [5.74, 6) is -0.844. The van der Waals surface area contributed by atoms with E-state index < -0.39 is 11.7 Å². The van der Waals surface area contributed by atoms with Crippen molar-refractivity contribution in [2.24, 2.45) is 0 Å². The van der Waals surface area contributed by atoms with E-state index in [1.807, 2.05) is 13.0 Å². The fourth-order valence-corrected chi connectivity index (χ4v) is 1.95. The normalized spacial score (nSPS) is 13.3. The number of aliphatic hydroxyl groups excluding tert-OH is 1. The second-order valence-corrected chi connectivity index (χ2v) is 4.27. The molecule has 0 fully saturated rings. The van der Waals surface area contributed by atoms with E-state index in [1.54, 1.807) is 19.1 Å². The molecule has 1 aromatic rings. The number of anilines is 1. The number of rotatable bonds is 1. The van der Waals surface area contributed by atoms with Crippen LogP contribution in [0, 0.1) is 0 Å². The molecule has 0 saturated carbocycles. The zero-order chi connectivity index (χ0) is 13.0. The molecule has 17 heavy (non-hydrogen) atoms. The molecule has 0 aliphatic carbocycles. The molecule has 4 nitrogen and oxygen atoms in total. The molecule has 0 radical (unpaired) electrons. The van der Waals surface area contributed by atoms with Gasteiger partial charge in [0.1, 0.15) is 0 Å². The van der Waals surface area contributed by atoms with Crippen LogP contribution in [0.2, 0.25) is 0 Å². The second-order valence-electron chi connectivity index (χ2n) is 3.36. The quantitative estimate of drug-likeness (QED) is 0.807. The number of carbonyl (C=O) groups is 2. The van der Waals surface area contributed by atoms with Crippen molar-refractivity contribution in [3.8, 4) is 0 Å². The zero-order valence-corrected chi connectivity index (χ0v) is 11.3. The Hall–Kier alpha value is -1.20. The van der Waals surface area contributed by atoms with Crippen LogP contribution < -0.4 is 4.90 Å². The molecule has 1 heterocycles. The van der Waals surface area contributed by atoms with Gasteiger partial charge in [-0.3, -0.25) is 9.59 Å². The monoisotopic (exact) mass is 299 g/mol. The standard InChI is InChI=1S/C10H8BrNO2.C2H6O/c1-2-12-8-4-3-6(11)5-7(8)9(13)10(12)14;1-2-3/h3-5H,2H2,1H3;3H,2H2,1H3. The van der Waals surface area contributed by atoms with Crippen LogP contribution in [0.1, 0.15) is 24.2 Å². The lowest BCUT2D eigenvalue weighted by molar-refractivity contribution is -0.114. The van der Waals surface area contributed by atoms with E-state index in [0.717, 1.165) is 4.47 Å². The number of Topliss-reactive ketones (excluding diaryl/α,β-unsaturated/α-hetero) is 1. The maximum Gasteiger partial charge on any atom is 0.299 e. The van der Waals surface area contributed by atoms with E-state index in [4.69, 9.17) is 5.11 Å². The van der Waals surface area contributed by atoms with Gasteiger partial charge in [0, 0.05) is 17.6 Å². The predicted octanol–water partition coefficient (Wildman–Crippen LogP) is 2.00. The van der Waals surface area contributed by atoms with Crippen molar-refractivity contribution in [1.29, 1.82) is 0 Å². The Morgan fingerprint density at radius 2 is 1.88 bits per heavy atom. The highest BCUT2D eigenvalue weighted by Gasteiger charge is 2.34. The van der Waals surface area contributed by atoms with Crippen LogP contribution in [0.15, 0.2) is 22.7 Å². The first-order chi connectivity index (χ1) is 8.06. The van der Waals surface area contributed by atoms with Gasteiger partial charge in [0.25, 0.3) is 11.7 Å². The van der Waals surface area contributed by atoms with Crippen LogP contribution >= 0.6 is 15.9 Å². The molecule has 1 aliphatic rings. The van der Waals surface area contributed by atoms with E-state index >= 15 is 0 Å². The average Bonchev–Trinajstić information content (AvgIpc) is 2.53. The van der Waals surface area contributed by atoms with Gasteiger partial charge in [-0.2, -0.15) is 0 Å². The summed E-state index contributed by atoms with van der Waals surface area (Å²) in [7, 11) is 0. The number of hydrogen-bond acceptors (Lipinski definition) is 3. The summed E-state index contributed by atoms with van der Waals surface area (Å²) >= 11 is 3.27. The smallest absolute Gasteiger partial charge is 0.299 e. The van der Waals surface area contributed by atoms with E-state index in [0.29, 0.717) is 17.8 Å². The molecule has 92 valence electrons. The first-order valence-electron chi connectivity index (χ1n) is 5.33. The van der Waals surface area contributed by atoms with Crippen LogP contribution in [0.3, 0.4) is 0 Å². The van der Waals surface area contributed by atoms with Crippen molar-refractivity contribution < 1.29 is 14.7 Å². The van der Waals surface area contributed by atoms with Crippen LogP contribution in [-0.4, -0.2) is 29.9 Å². The molecule has 0 spiro atoms. The molecular formula is C12H14BrNO3. The second kappa shape index (κ2) is 5.93. The molecule has 0 saturated heterocycles. The van der Waals surface area contributed by atoms with Gasteiger partial charge in [0.15, 0.2) is 0 Å². The SMILES string of the molecule is CCN1C(=O)C(=O)c2cc(Br)ccc21.CCO. The Morgan fingerprint density at radius 3 is 2.41 bits per heavy atom. The molecule has 0 bridgehead atoms. The highest BCUT2D eigenvalue weighted by Crippen LogP contribution is 2.30. The number of carbonyl (C=O) groups excluding carboxylic acids is 2. The highest BCUT2D eigenvalue weighted by atomic mass is 79.9. The van der Waals surface area contributed by atoms with Crippen LogP contribution in [0.4, 0.5) is 5.69 Å². The Kier molecular flexibility index (Phi) is 4.84. The molecule has 2 rings (SSSR count). The number of amides is 1. The van der Waals surface area contributed by atoms with Gasteiger partial charge in [-0.25, -0.2) is 0 Å².